The number of rotatable bonds is 2. The average molecular weight is 438 g/mol. The summed E-state index contributed by atoms with van der Waals surface area (Å²) in [5.74, 6) is 0.585. The lowest BCUT2D eigenvalue weighted by Gasteiger charge is -2.43. The molecule has 0 amide bonds. The number of anilines is 2. The maximum atomic E-state index is 13.1. The van der Waals surface area contributed by atoms with Crippen LogP contribution in [0.1, 0.15) is 37.7 Å². The SMILES string of the molecule is FC(F)(F)c1cccc(NC2=NC(=S)N(c3ccccc3Cl)C23CCCCC3)c1. The Morgan fingerprint density at radius 3 is 2.45 bits per heavy atom. The molecule has 29 heavy (non-hydrogen) atoms. The van der Waals surface area contributed by atoms with E-state index in [9.17, 15) is 13.2 Å². The molecule has 0 bridgehead atoms. The lowest BCUT2D eigenvalue weighted by molar-refractivity contribution is -0.137. The third kappa shape index (κ3) is 3.73. The van der Waals surface area contributed by atoms with Crippen LogP contribution in [-0.2, 0) is 6.18 Å². The molecule has 2 aliphatic rings. The van der Waals surface area contributed by atoms with Crippen molar-refractivity contribution in [3.63, 3.8) is 0 Å². The van der Waals surface area contributed by atoms with E-state index in [0.717, 1.165) is 49.9 Å². The summed E-state index contributed by atoms with van der Waals surface area (Å²) >= 11 is 12.0. The van der Waals surface area contributed by atoms with Crippen LogP contribution in [0.2, 0.25) is 5.02 Å². The van der Waals surface area contributed by atoms with Crippen LogP contribution in [0.3, 0.4) is 0 Å². The van der Waals surface area contributed by atoms with Gasteiger partial charge in [0.2, 0.25) is 5.11 Å². The quantitative estimate of drug-likeness (QED) is 0.531. The minimum atomic E-state index is -4.41. The average Bonchev–Trinajstić information content (AvgIpc) is 2.93. The Labute approximate surface area is 177 Å². The Bertz CT molecular complexity index is 968. The normalized spacial score (nSPS) is 18.8. The van der Waals surface area contributed by atoms with Crippen LogP contribution in [0.5, 0.6) is 0 Å². The largest absolute Gasteiger partial charge is 0.416 e. The fraction of sp³-hybridized carbons (Fsp3) is 0.333. The minimum Gasteiger partial charge on any atom is -0.342 e. The lowest BCUT2D eigenvalue weighted by atomic mass is 9.79. The van der Waals surface area contributed by atoms with Crippen LogP contribution in [0, 0.1) is 0 Å². The molecule has 2 aromatic carbocycles. The molecule has 0 radical (unpaired) electrons. The molecule has 0 atom stereocenters. The van der Waals surface area contributed by atoms with Gasteiger partial charge in [-0.15, -0.1) is 0 Å². The number of alkyl halides is 3. The van der Waals surface area contributed by atoms with E-state index in [1.165, 1.54) is 6.07 Å². The summed E-state index contributed by atoms with van der Waals surface area (Å²) in [5, 5.41) is 4.08. The lowest BCUT2D eigenvalue weighted by Crippen LogP contribution is -2.55. The van der Waals surface area contributed by atoms with Gasteiger partial charge >= 0.3 is 6.18 Å². The monoisotopic (exact) mass is 437 g/mol. The Balaban J connectivity index is 1.73. The van der Waals surface area contributed by atoms with Gasteiger partial charge in [0.15, 0.2) is 0 Å². The third-order valence-corrected chi connectivity index (χ3v) is 6.09. The zero-order valence-electron chi connectivity index (χ0n) is 15.5. The van der Waals surface area contributed by atoms with Gasteiger partial charge < -0.3 is 10.2 Å². The van der Waals surface area contributed by atoms with Crippen molar-refractivity contribution in [3.05, 3.63) is 59.1 Å². The van der Waals surface area contributed by atoms with E-state index in [2.05, 4.69) is 10.3 Å². The van der Waals surface area contributed by atoms with Crippen LogP contribution in [0.25, 0.3) is 0 Å². The number of hydrogen-bond donors (Lipinski definition) is 1. The molecule has 1 fully saturated rings. The molecule has 1 spiro atoms. The molecule has 8 heteroatoms. The summed E-state index contributed by atoms with van der Waals surface area (Å²) in [6.45, 7) is 0. The van der Waals surface area contributed by atoms with E-state index in [0.29, 0.717) is 21.7 Å². The molecule has 0 unspecified atom stereocenters. The molecular formula is C21H19ClF3N3S. The summed E-state index contributed by atoms with van der Waals surface area (Å²) in [5.41, 5.74) is -0.128. The van der Waals surface area contributed by atoms with Crippen molar-refractivity contribution >= 4 is 46.1 Å². The van der Waals surface area contributed by atoms with Gasteiger partial charge in [-0.05, 0) is 55.4 Å². The fourth-order valence-electron chi connectivity index (χ4n) is 4.16. The second-order valence-electron chi connectivity index (χ2n) is 7.33. The standard InChI is InChI=1S/C21H19ClF3N3S/c22-16-9-2-3-10-17(16)28-19(29)27-18(20(28)11-4-1-5-12-20)26-15-8-6-7-14(13-15)21(23,24)25/h2-3,6-10,13H,1,4-5,11-12H2,(H,26,27,29). The number of halogens is 4. The van der Waals surface area contributed by atoms with Crippen LogP contribution in [0.15, 0.2) is 53.5 Å². The van der Waals surface area contributed by atoms with Crippen molar-refractivity contribution in [1.29, 1.82) is 0 Å². The summed E-state index contributed by atoms with van der Waals surface area (Å²) in [7, 11) is 0. The third-order valence-electron chi connectivity index (χ3n) is 5.49. The molecule has 4 rings (SSSR count). The number of nitrogens with zero attached hydrogens (tertiary/aromatic N) is 2. The molecular weight excluding hydrogens is 419 g/mol. The Morgan fingerprint density at radius 2 is 1.76 bits per heavy atom. The number of amidine groups is 1. The summed E-state index contributed by atoms with van der Waals surface area (Å²) in [4.78, 5) is 6.55. The van der Waals surface area contributed by atoms with E-state index in [1.54, 1.807) is 12.1 Å². The first-order chi connectivity index (χ1) is 13.8. The van der Waals surface area contributed by atoms with Crippen molar-refractivity contribution in [2.75, 3.05) is 10.2 Å². The van der Waals surface area contributed by atoms with E-state index >= 15 is 0 Å². The topological polar surface area (TPSA) is 27.6 Å². The molecule has 1 heterocycles. The number of hydrogen-bond acceptors (Lipinski definition) is 2. The Kier molecular flexibility index (Phi) is 5.29. The Morgan fingerprint density at radius 1 is 1.03 bits per heavy atom. The van der Waals surface area contributed by atoms with E-state index in [4.69, 9.17) is 23.8 Å². The molecule has 0 aromatic heterocycles. The van der Waals surface area contributed by atoms with Gasteiger partial charge in [0.25, 0.3) is 0 Å². The first-order valence-electron chi connectivity index (χ1n) is 9.43. The summed E-state index contributed by atoms with van der Waals surface area (Å²) < 4.78 is 39.4. The number of nitrogens with one attached hydrogen (secondary N) is 1. The smallest absolute Gasteiger partial charge is 0.342 e. The molecule has 2 aromatic rings. The van der Waals surface area contributed by atoms with Gasteiger partial charge in [-0.1, -0.05) is 49.1 Å². The molecule has 3 nitrogen and oxygen atoms in total. The zero-order chi connectivity index (χ0) is 20.6. The van der Waals surface area contributed by atoms with Crippen LogP contribution >= 0.6 is 23.8 Å². The van der Waals surface area contributed by atoms with Gasteiger partial charge in [0, 0.05) is 5.69 Å². The molecule has 1 aliphatic carbocycles. The van der Waals surface area contributed by atoms with E-state index in [-0.39, 0.29) is 0 Å². The van der Waals surface area contributed by atoms with Crippen molar-refractivity contribution in [1.82, 2.24) is 0 Å². The molecule has 1 aliphatic heterocycles. The highest BCUT2D eigenvalue weighted by atomic mass is 35.5. The number of para-hydroxylation sites is 1. The van der Waals surface area contributed by atoms with Gasteiger partial charge in [0.05, 0.1) is 16.3 Å². The second-order valence-corrected chi connectivity index (χ2v) is 8.10. The second kappa shape index (κ2) is 7.61. The molecule has 0 saturated heterocycles. The molecule has 152 valence electrons. The van der Waals surface area contributed by atoms with Crippen LogP contribution in [-0.4, -0.2) is 16.5 Å². The van der Waals surface area contributed by atoms with Crippen molar-refractivity contribution in [3.8, 4) is 0 Å². The first-order valence-corrected chi connectivity index (χ1v) is 10.2. The minimum absolute atomic E-state index is 0.340. The van der Waals surface area contributed by atoms with Crippen molar-refractivity contribution in [2.45, 2.75) is 43.8 Å². The predicted molar refractivity (Wildman–Crippen MR) is 115 cm³/mol. The van der Waals surface area contributed by atoms with E-state index in [1.807, 2.05) is 23.1 Å². The van der Waals surface area contributed by atoms with Gasteiger partial charge in [-0.2, -0.15) is 13.2 Å². The van der Waals surface area contributed by atoms with Gasteiger partial charge in [-0.3, -0.25) is 0 Å². The maximum Gasteiger partial charge on any atom is 0.416 e. The first kappa shape index (κ1) is 20.2. The van der Waals surface area contributed by atoms with Gasteiger partial charge in [0.1, 0.15) is 11.4 Å². The fourth-order valence-corrected chi connectivity index (χ4v) is 4.74. The zero-order valence-corrected chi connectivity index (χ0v) is 17.0. The highest BCUT2D eigenvalue weighted by molar-refractivity contribution is 7.80. The van der Waals surface area contributed by atoms with Crippen molar-refractivity contribution in [2.24, 2.45) is 4.99 Å². The molecule has 1 N–H and O–H groups in total. The number of aliphatic imine (C=N–C) groups is 1. The van der Waals surface area contributed by atoms with Gasteiger partial charge in [-0.25, -0.2) is 4.99 Å². The van der Waals surface area contributed by atoms with Crippen LogP contribution < -0.4 is 10.2 Å². The maximum absolute atomic E-state index is 13.1. The highest BCUT2D eigenvalue weighted by Crippen LogP contribution is 2.44. The number of thiocarbonyl (C=S) groups is 1. The van der Waals surface area contributed by atoms with Crippen molar-refractivity contribution < 1.29 is 13.2 Å². The number of benzene rings is 2. The predicted octanol–water partition coefficient (Wildman–Crippen LogP) is 6.68. The highest BCUT2D eigenvalue weighted by Gasteiger charge is 2.49. The Hall–Kier alpha value is -2.12. The summed E-state index contributed by atoms with van der Waals surface area (Å²) in [6, 6.07) is 12.6. The van der Waals surface area contributed by atoms with Crippen LogP contribution in [0.4, 0.5) is 24.5 Å². The van der Waals surface area contributed by atoms with E-state index < -0.39 is 17.3 Å². The summed E-state index contributed by atoms with van der Waals surface area (Å²) in [6.07, 6.45) is 0.240. The molecule has 1 saturated carbocycles.